The molecule has 1 aliphatic heterocycles. The van der Waals surface area contributed by atoms with Gasteiger partial charge in [-0.3, -0.25) is 43.3 Å². The SMILES string of the molecule is CCOCCOCCOCCOCCOCCOCCNC(=O)C(CCCCNC(C)C)NC(=O)C1CSSCCC(=O)NC(Cc2ccc(O)cc2)C(=O)NC(CCCCNC(C)C)C(=O)NC(/C=C/CCN=C(N)N)C(=O)NC(Cc2ccc3ccccc3c2)C(=O)NCC(=O)N1. The molecule has 1 heterocycles. The molecule has 4 rings (SSSR count). The minimum Gasteiger partial charge on any atom is -0.508 e. The number of fused-ring (bicyclic) bond motifs is 1. The van der Waals surface area contributed by atoms with Gasteiger partial charge in [-0.25, -0.2) is 0 Å². The summed E-state index contributed by atoms with van der Waals surface area (Å²) in [7, 11) is 2.40. The van der Waals surface area contributed by atoms with Crippen molar-refractivity contribution in [3.8, 4) is 5.75 Å². The average molecular weight is 1420 g/mol. The second-order valence-corrected chi connectivity index (χ2v) is 26.7. The molecule has 15 N–H and O–H groups in total. The normalized spacial score (nSPS) is 18.4. The van der Waals surface area contributed by atoms with Crippen molar-refractivity contribution in [3.63, 3.8) is 0 Å². The molecule has 0 aromatic heterocycles. The third kappa shape index (κ3) is 38.3. The Hall–Kier alpha value is -7.13. The standard InChI is InChI=1S/C69H109N13O15S2/c1-6-92-32-33-94-36-37-96-40-41-97-39-38-95-35-34-93-31-30-74-63(86)55(17-9-12-27-72-48(2)3)79-68(91)60-47-99-98-42-26-61(84)77-59(44-50-21-24-54(83)25-22-50)67(90)81-56(18-10-13-28-73-49(4)5)65(88)80-57(19-11-14-29-75-69(70)71)66(89)82-58(64(87)76-46-62(85)78-60)45-51-20-23-52-15-7-8-16-53(52)43-51/h7-8,11,15-16,19-25,43,48-49,55-60,72-73,83H,6,9-10,12-14,17-18,26-42,44-47H2,1-5H3,(H,74,86)(H,76,87)(H,77,84)(H,78,85)(H,79,91)(H,80,88)(H,81,90)(H,82,89)(H4,70,71,75)/b19-11+. The zero-order valence-corrected chi connectivity index (χ0v) is 59.8. The van der Waals surface area contributed by atoms with Crippen LogP contribution in [0, 0.1) is 0 Å². The summed E-state index contributed by atoms with van der Waals surface area (Å²) in [6.45, 7) is 15.8. The summed E-state index contributed by atoms with van der Waals surface area (Å²) >= 11 is 0. The van der Waals surface area contributed by atoms with Crippen molar-refractivity contribution in [2.45, 2.75) is 147 Å². The highest BCUT2D eigenvalue weighted by Crippen LogP contribution is 2.24. The maximum Gasteiger partial charge on any atom is 0.247 e. The maximum atomic E-state index is 14.8. The molecule has 0 radical (unpaired) electrons. The van der Waals surface area contributed by atoms with Crippen LogP contribution in [-0.2, 0) is 79.6 Å². The lowest BCUT2D eigenvalue weighted by atomic mass is 10.0. The zero-order chi connectivity index (χ0) is 71.8. The fraction of sp³-hybridized carbons (Fsp3) is 0.609. The van der Waals surface area contributed by atoms with Crippen molar-refractivity contribution < 1.29 is 71.9 Å². The quantitative estimate of drug-likeness (QED) is 0.0127. The molecule has 0 aliphatic carbocycles. The van der Waals surface area contributed by atoms with Crippen LogP contribution in [0.5, 0.6) is 5.75 Å². The highest BCUT2D eigenvalue weighted by Gasteiger charge is 2.33. The first-order chi connectivity index (χ1) is 47.8. The number of carbonyl (C=O) groups is 8. The number of benzene rings is 3. The largest absolute Gasteiger partial charge is 0.508 e. The Morgan fingerprint density at radius 1 is 0.626 bits per heavy atom. The molecular weight excluding hydrogens is 1310 g/mol. The van der Waals surface area contributed by atoms with Crippen LogP contribution >= 0.6 is 21.6 Å². The van der Waals surface area contributed by atoms with E-state index in [4.69, 9.17) is 39.9 Å². The van der Waals surface area contributed by atoms with E-state index in [2.05, 4.69) is 58.2 Å². The van der Waals surface area contributed by atoms with Crippen LogP contribution in [0.25, 0.3) is 10.8 Å². The van der Waals surface area contributed by atoms with E-state index in [1.54, 1.807) is 18.2 Å². The Morgan fingerprint density at radius 2 is 1.20 bits per heavy atom. The molecule has 30 heteroatoms. The van der Waals surface area contributed by atoms with Crippen LogP contribution in [0.3, 0.4) is 0 Å². The van der Waals surface area contributed by atoms with Crippen molar-refractivity contribution in [1.82, 2.24) is 53.2 Å². The van der Waals surface area contributed by atoms with Crippen molar-refractivity contribution in [1.29, 1.82) is 0 Å². The number of amides is 8. The summed E-state index contributed by atoms with van der Waals surface area (Å²) in [5.74, 6) is -5.52. The number of aliphatic imine (C=N–C) groups is 1. The molecule has 1 fully saturated rings. The second-order valence-electron chi connectivity index (χ2n) is 24.0. The lowest BCUT2D eigenvalue weighted by Crippen LogP contribution is -2.59. The number of rotatable bonds is 42. The minimum absolute atomic E-state index is 0.0113. The third-order valence-corrected chi connectivity index (χ3v) is 17.5. The smallest absolute Gasteiger partial charge is 0.247 e. The predicted molar refractivity (Wildman–Crippen MR) is 386 cm³/mol. The number of phenolic OH excluding ortho intramolecular Hbond substituents is 1. The zero-order valence-electron chi connectivity index (χ0n) is 58.2. The average Bonchev–Trinajstić information content (AvgIpc) is 0.872. The molecule has 28 nitrogen and oxygen atoms in total. The van der Waals surface area contributed by atoms with E-state index >= 15 is 0 Å². The summed E-state index contributed by atoms with van der Waals surface area (Å²) in [5.41, 5.74) is 12.4. The Bertz CT molecular complexity index is 2930. The third-order valence-electron chi connectivity index (χ3n) is 15.0. The molecule has 1 saturated heterocycles. The highest BCUT2D eigenvalue weighted by atomic mass is 33.1. The van der Waals surface area contributed by atoms with E-state index in [0.29, 0.717) is 116 Å². The summed E-state index contributed by atoms with van der Waals surface area (Å²) in [6.07, 6.45) is 5.74. The van der Waals surface area contributed by atoms with Gasteiger partial charge < -0.3 is 98.2 Å². The van der Waals surface area contributed by atoms with E-state index < -0.39 is 90.1 Å². The number of hydrogen-bond acceptors (Lipinski definition) is 20. The second kappa shape index (κ2) is 51.1. The Kier molecular flexibility index (Phi) is 43.5. The molecule has 552 valence electrons. The van der Waals surface area contributed by atoms with E-state index in [1.165, 1.54) is 39.8 Å². The fourth-order valence-corrected chi connectivity index (χ4v) is 12.0. The molecule has 0 bridgehead atoms. The number of nitrogens with two attached hydrogens (primary N) is 2. The van der Waals surface area contributed by atoms with E-state index in [0.717, 1.165) is 10.8 Å². The number of carbonyl (C=O) groups excluding carboxylic acids is 8. The molecule has 3 aromatic rings. The van der Waals surface area contributed by atoms with Gasteiger partial charge in [-0.2, -0.15) is 0 Å². The van der Waals surface area contributed by atoms with Gasteiger partial charge in [0, 0.05) is 62.5 Å². The number of aromatic hydroxyl groups is 1. The van der Waals surface area contributed by atoms with Gasteiger partial charge >= 0.3 is 0 Å². The van der Waals surface area contributed by atoms with Crippen molar-refractivity contribution in [2.24, 2.45) is 16.5 Å². The summed E-state index contributed by atoms with van der Waals surface area (Å²) in [4.78, 5) is 119. The van der Waals surface area contributed by atoms with Gasteiger partial charge in [0.25, 0.3) is 0 Å². The molecule has 8 amide bonds. The van der Waals surface area contributed by atoms with Crippen molar-refractivity contribution in [3.05, 3.63) is 90.0 Å². The first kappa shape index (κ1) is 84.3. The molecular formula is C69H109N13O15S2. The summed E-state index contributed by atoms with van der Waals surface area (Å²) in [5, 5.41) is 41.0. The van der Waals surface area contributed by atoms with Gasteiger partial charge in [-0.1, -0.05) is 116 Å². The Balaban J connectivity index is 1.59. The number of nitrogens with zero attached hydrogens (tertiary/aromatic N) is 1. The number of unbranched alkanes of at least 4 members (excludes halogenated alkanes) is 2. The Labute approximate surface area is 590 Å². The first-order valence-corrected chi connectivity index (χ1v) is 36.8. The number of ether oxygens (including phenoxy) is 6. The van der Waals surface area contributed by atoms with Crippen LogP contribution < -0.4 is 64.6 Å². The van der Waals surface area contributed by atoms with E-state index in [9.17, 15) is 43.5 Å². The monoisotopic (exact) mass is 1420 g/mol. The molecule has 6 unspecified atom stereocenters. The first-order valence-electron chi connectivity index (χ1n) is 34.3. The predicted octanol–water partition coefficient (Wildman–Crippen LogP) is 1.93. The summed E-state index contributed by atoms with van der Waals surface area (Å²) < 4.78 is 33.0. The van der Waals surface area contributed by atoms with Crippen molar-refractivity contribution >= 4 is 85.6 Å². The van der Waals surface area contributed by atoms with Gasteiger partial charge in [0.15, 0.2) is 5.96 Å². The number of hydrogen-bond donors (Lipinski definition) is 13. The minimum atomic E-state index is -1.46. The summed E-state index contributed by atoms with van der Waals surface area (Å²) in [6, 6.07) is 12.1. The lowest BCUT2D eigenvalue weighted by molar-refractivity contribution is -0.134. The highest BCUT2D eigenvalue weighted by molar-refractivity contribution is 8.76. The van der Waals surface area contributed by atoms with Gasteiger partial charge in [0.1, 0.15) is 42.0 Å². The van der Waals surface area contributed by atoms with Crippen LogP contribution in [0.1, 0.15) is 97.1 Å². The number of nitrogens with one attached hydrogen (secondary N) is 10. The van der Waals surface area contributed by atoms with Crippen LogP contribution in [0.4, 0.5) is 0 Å². The fourth-order valence-electron chi connectivity index (χ4n) is 9.82. The van der Waals surface area contributed by atoms with Gasteiger partial charge in [-0.05, 0) is 99.0 Å². The van der Waals surface area contributed by atoms with E-state index in [-0.39, 0.29) is 100 Å². The van der Waals surface area contributed by atoms with Gasteiger partial charge in [0.2, 0.25) is 47.3 Å². The van der Waals surface area contributed by atoms with E-state index in [1.807, 2.05) is 77.1 Å². The molecule has 99 heavy (non-hydrogen) atoms. The maximum absolute atomic E-state index is 14.8. The molecule has 1 aliphatic rings. The van der Waals surface area contributed by atoms with Gasteiger partial charge in [0.05, 0.1) is 79.2 Å². The van der Waals surface area contributed by atoms with Crippen LogP contribution in [0.15, 0.2) is 83.9 Å². The van der Waals surface area contributed by atoms with Crippen LogP contribution in [0.2, 0.25) is 0 Å². The number of phenols is 1. The molecule has 0 spiro atoms. The van der Waals surface area contributed by atoms with Gasteiger partial charge in [-0.15, -0.1) is 0 Å². The molecule has 6 atom stereocenters. The van der Waals surface area contributed by atoms with Crippen molar-refractivity contribution in [2.75, 3.05) is 124 Å². The lowest BCUT2D eigenvalue weighted by Gasteiger charge is -2.26. The van der Waals surface area contributed by atoms with Crippen LogP contribution in [-0.4, -0.2) is 230 Å². The topological polar surface area (TPSA) is 397 Å². The molecule has 3 aromatic carbocycles. The Morgan fingerprint density at radius 3 is 1.84 bits per heavy atom. The number of guanidine groups is 1. The molecule has 0 saturated carbocycles.